The van der Waals surface area contributed by atoms with Crippen molar-refractivity contribution in [2.75, 3.05) is 6.54 Å². The van der Waals surface area contributed by atoms with Gasteiger partial charge in [0.05, 0.1) is 12.2 Å². The minimum atomic E-state index is -0.0141. The van der Waals surface area contributed by atoms with Crippen molar-refractivity contribution in [3.05, 3.63) is 58.4 Å². The van der Waals surface area contributed by atoms with E-state index in [2.05, 4.69) is 16.8 Å². The van der Waals surface area contributed by atoms with Crippen LogP contribution in [0, 0.1) is 13.8 Å². The Morgan fingerprint density at radius 2 is 1.82 bits per heavy atom. The molecule has 0 saturated carbocycles. The van der Waals surface area contributed by atoms with Crippen molar-refractivity contribution >= 4 is 5.91 Å². The number of aryl methyl sites for hydroxylation is 1. The van der Waals surface area contributed by atoms with Crippen LogP contribution in [0.25, 0.3) is 0 Å². The Kier molecular flexibility index (Phi) is 5.39. The molecule has 1 aromatic heterocycles. The molecule has 2 aromatic rings. The lowest BCUT2D eigenvalue weighted by atomic mass is 10.1. The summed E-state index contributed by atoms with van der Waals surface area (Å²) in [5.74, 6) is -0.0141. The highest BCUT2D eigenvalue weighted by atomic mass is 16.3. The van der Waals surface area contributed by atoms with Crippen LogP contribution in [0.5, 0.6) is 0 Å². The summed E-state index contributed by atoms with van der Waals surface area (Å²) in [5, 5.41) is 12.0. The van der Waals surface area contributed by atoms with Gasteiger partial charge in [0.25, 0.3) is 5.91 Å². The summed E-state index contributed by atoms with van der Waals surface area (Å²) in [6.07, 6.45) is 0.782. The van der Waals surface area contributed by atoms with E-state index in [1.807, 2.05) is 44.2 Å². The second kappa shape index (κ2) is 7.27. The summed E-state index contributed by atoms with van der Waals surface area (Å²) in [6, 6.07) is 9.74. The largest absolute Gasteiger partial charge is 0.392 e. The van der Waals surface area contributed by atoms with E-state index in [1.54, 1.807) is 0 Å². The van der Waals surface area contributed by atoms with Gasteiger partial charge in [-0.3, -0.25) is 4.79 Å². The van der Waals surface area contributed by atoms with Crippen molar-refractivity contribution in [3.63, 3.8) is 0 Å². The van der Waals surface area contributed by atoms with E-state index in [0.29, 0.717) is 6.54 Å². The van der Waals surface area contributed by atoms with Crippen LogP contribution >= 0.6 is 0 Å². The lowest BCUT2D eigenvalue weighted by Gasteiger charge is -2.07. The molecule has 0 spiro atoms. The van der Waals surface area contributed by atoms with E-state index >= 15 is 0 Å². The minimum Gasteiger partial charge on any atom is -0.392 e. The highest BCUT2D eigenvalue weighted by Crippen LogP contribution is 2.14. The maximum Gasteiger partial charge on any atom is 0.253 e. The first-order valence-corrected chi connectivity index (χ1v) is 7.70. The summed E-state index contributed by atoms with van der Waals surface area (Å²) in [5.41, 5.74) is 4.95. The number of aliphatic hydroxyl groups excluding tert-OH is 1. The minimum absolute atomic E-state index is 0.0141. The molecule has 0 atom stereocenters. The second-order valence-corrected chi connectivity index (χ2v) is 5.51. The number of nitrogens with one attached hydrogen (secondary N) is 1. The number of aliphatic hydroxyl groups is 1. The second-order valence-electron chi connectivity index (χ2n) is 5.51. The SMILES string of the molecule is CCn1c(C)cc(C(=O)NCCc2ccc(CO)cc2)c1C. The van der Waals surface area contributed by atoms with Gasteiger partial charge in [0.1, 0.15) is 0 Å². The van der Waals surface area contributed by atoms with Crippen LogP contribution in [-0.2, 0) is 19.6 Å². The highest BCUT2D eigenvalue weighted by Gasteiger charge is 2.14. The zero-order chi connectivity index (χ0) is 16.1. The number of carbonyl (C=O) groups is 1. The van der Waals surface area contributed by atoms with Crippen LogP contribution in [0.1, 0.15) is 39.8 Å². The van der Waals surface area contributed by atoms with Crippen molar-refractivity contribution < 1.29 is 9.90 Å². The van der Waals surface area contributed by atoms with Gasteiger partial charge >= 0.3 is 0 Å². The third-order valence-electron chi connectivity index (χ3n) is 4.04. The molecule has 0 bridgehead atoms. The molecule has 0 saturated heterocycles. The van der Waals surface area contributed by atoms with Crippen LogP contribution in [0.15, 0.2) is 30.3 Å². The van der Waals surface area contributed by atoms with E-state index in [0.717, 1.165) is 41.0 Å². The molecule has 1 heterocycles. The summed E-state index contributed by atoms with van der Waals surface area (Å²) in [7, 11) is 0. The van der Waals surface area contributed by atoms with E-state index in [4.69, 9.17) is 5.11 Å². The number of carbonyl (C=O) groups excluding carboxylic acids is 1. The molecule has 0 fully saturated rings. The monoisotopic (exact) mass is 300 g/mol. The molecule has 2 N–H and O–H groups in total. The molecule has 22 heavy (non-hydrogen) atoms. The van der Waals surface area contributed by atoms with Crippen LogP contribution in [0.2, 0.25) is 0 Å². The van der Waals surface area contributed by atoms with Crippen molar-refractivity contribution in [3.8, 4) is 0 Å². The Balaban J connectivity index is 1.92. The lowest BCUT2D eigenvalue weighted by Crippen LogP contribution is -2.26. The molecule has 1 aromatic carbocycles. The maximum absolute atomic E-state index is 12.3. The topological polar surface area (TPSA) is 54.3 Å². The van der Waals surface area contributed by atoms with Crippen LogP contribution < -0.4 is 5.32 Å². The summed E-state index contributed by atoms with van der Waals surface area (Å²) < 4.78 is 2.14. The predicted molar refractivity (Wildman–Crippen MR) is 88.0 cm³/mol. The molecular formula is C18H24N2O2. The normalized spacial score (nSPS) is 10.7. The fraction of sp³-hybridized carbons (Fsp3) is 0.389. The van der Waals surface area contributed by atoms with Gasteiger partial charge in [-0.25, -0.2) is 0 Å². The smallest absolute Gasteiger partial charge is 0.253 e. The number of hydrogen-bond acceptors (Lipinski definition) is 2. The van der Waals surface area contributed by atoms with Gasteiger partial charge in [0, 0.05) is 24.5 Å². The van der Waals surface area contributed by atoms with E-state index in [9.17, 15) is 4.79 Å². The Bertz CT molecular complexity index is 642. The molecule has 4 nitrogen and oxygen atoms in total. The number of amides is 1. The average molecular weight is 300 g/mol. The van der Waals surface area contributed by atoms with Crippen molar-refractivity contribution in [1.82, 2.24) is 9.88 Å². The Hall–Kier alpha value is -2.07. The number of nitrogens with zero attached hydrogens (tertiary/aromatic N) is 1. The van der Waals surface area contributed by atoms with Gasteiger partial charge in [-0.05, 0) is 44.4 Å². The third kappa shape index (κ3) is 3.57. The average Bonchev–Trinajstić information content (AvgIpc) is 2.82. The van der Waals surface area contributed by atoms with Gasteiger partial charge in [-0.2, -0.15) is 0 Å². The fourth-order valence-electron chi connectivity index (χ4n) is 2.74. The van der Waals surface area contributed by atoms with Crippen molar-refractivity contribution in [1.29, 1.82) is 0 Å². The van der Waals surface area contributed by atoms with Gasteiger partial charge in [0.2, 0.25) is 0 Å². The first-order valence-electron chi connectivity index (χ1n) is 7.70. The fourth-order valence-corrected chi connectivity index (χ4v) is 2.74. The molecule has 0 aliphatic carbocycles. The van der Waals surface area contributed by atoms with E-state index < -0.39 is 0 Å². The number of aromatic nitrogens is 1. The quantitative estimate of drug-likeness (QED) is 0.861. The van der Waals surface area contributed by atoms with E-state index in [1.165, 1.54) is 0 Å². The van der Waals surface area contributed by atoms with E-state index in [-0.39, 0.29) is 12.5 Å². The Labute approximate surface area is 131 Å². The number of benzene rings is 1. The summed E-state index contributed by atoms with van der Waals surface area (Å²) in [6.45, 7) is 7.63. The zero-order valence-electron chi connectivity index (χ0n) is 13.5. The first-order chi connectivity index (χ1) is 10.6. The van der Waals surface area contributed by atoms with Crippen LogP contribution in [0.4, 0.5) is 0 Å². The van der Waals surface area contributed by atoms with Crippen LogP contribution in [0.3, 0.4) is 0 Å². The maximum atomic E-state index is 12.3. The summed E-state index contributed by atoms with van der Waals surface area (Å²) in [4.78, 5) is 12.3. The Morgan fingerprint density at radius 1 is 1.18 bits per heavy atom. The highest BCUT2D eigenvalue weighted by molar-refractivity contribution is 5.95. The van der Waals surface area contributed by atoms with Gasteiger partial charge in [0.15, 0.2) is 0 Å². The molecule has 4 heteroatoms. The summed E-state index contributed by atoms with van der Waals surface area (Å²) >= 11 is 0. The third-order valence-corrected chi connectivity index (χ3v) is 4.04. The lowest BCUT2D eigenvalue weighted by molar-refractivity contribution is 0.0953. The molecular weight excluding hydrogens is 276 g/mol. The van der Waals surface area contributed by atoms with Crippen LogP contribution in [-0.4, -0.2) is 22.1 Å². The standard InChI is InChI=1S/C18H24N2O2/c1-4-20-13(2)11-17(14(20)3)18(22)19-10-9-15-5-7-16(12-21)8-6-15/h5-8,11,21H,4,9-10,12H2,1-3H3,(H,19,22). The zero-order valence-corrected chi connectivity index (χ0v) is 13.5. The molecule has 0 aliphatic heterocycles. The number of hydrogen-bond donors (Lipinski definition) is 2. The molecule has 0 aliphatic rings. The predicted octanol–water partition coefficient (Wildman–Crippen LogP) is 2.59. The molecule has 1 amide bonds. The molecule has 0 unspecified atom stereocenters. The number of rotatable bonds is 6. The molecule has 118 valence electrons. The van der Waals surface area contributed by atoms with Crippen molar-refractivity contribution in [2.24, 2.45) is 0 Å². The van der Waals surface area contributed by atoms with Crippen molar-refractivity contribution in [2.45, 2.75) is 40.3 Å². The molecule has 0 radical (unpaired) electrons. The molecule has 2 rings (SSSR count). The Morgan fingerprint density at radius 3 is 2.36 bits per heavy atom. The first kappa shape index (κ1) is 16.3. The van der Waals surface area contributed by atoms with Gasteiger partial charge in [-0.15, -0.1) is 0 Å². The van der Waals surface area contributed by atoms with Gasteiger partial charge < -0.3 is 15.0 Å². The van der Waals surface area contributed by atoms with Gasteiger partial charge in [-0.1, -0.05) is 24.3 Å².